The Morgan fingerprint density at radius 3 is 2.65 bits per heavy atom. The number of hydrogen-bond acceptors (Lipinski definition) is 4. The lowest BCUT2D eigenvalue weighted by Gasteiger charge is -2.07. The Bertz CT molecular complexity index is 581. The van der Waals surface area contributed by atoms with Gasteiger partial charge in [-0.15, -0.1) is 0 Å². The number of aryl methyl sites for hydroxylation is 1. The van der Waals surface area contributed by atoms with Gasteiger partial charge in [-0.05, 0) is 36.2 Å². The summed E-state index contributed by atoms with van der Waals surface area (Å²) in [7, 11) is 0. The van der Waals surface area contributed by atoms with Gasteiger partial charge in [0.1, 0.15) is 5.76 Å². The Kier molecular flexibility index (Phi) is 2.78. The summed E-state index contributed by atoms with van der Waals surface area (Å²) in [6.07, 6.45) is 0.599. The average molecular weight is 229 g/mol. The standard InChI is InChI=1S/C13H10O4/c1-8-2-3-9(13(15)16)6-11(8)12-5-4-10(7-14)17-12/h2-7H,1H3,(H,15,16)/p-1. The van der Waals surface area contributed by atoms with Crippen molar-refractivity contribution in [1.29, 1.82) is 0 Å². The zero-order valence-corrected chi connectivity index (χ0v) is 9.10. The predicted molar refractivity (Wildman–Crippen MR) is 58.6 cm³/mol. The first-order chi connectivity index (χ1) is 8.11. The first-order valence-electron chi connectivity index (χ1n) is 4.99. The fourth-order valence-corrected chi connectivity index (χ4v) is 1.58. The molecule has 0 saturated carbocycles. The monoisotopic (exact) mass is 229 g/mol. The molecule has 0 saturated heterocycles. The highest BCUT2D eigenvalue weighted by atomic mass is 16.4. The number of hydrogen-bond donors (Lipinski definition) is 0. The predicted octanol–water partition coefficient (Wildman–Crippen LogP) is 1.43. The molecular formula is C13H9O4-. The van der Waals surface area contributed by atoms with Gasteiger partial charge in [-0.1, -0.05) is 12.1 Å². The van der Waals surface area contributed by atoms with Crippen molar-refractivity contribution >= 4 is 12.3 Å². The van der Waals surface area contributed by atoms with Crippen LogP contribution in [0.5, 0.6) is 0 Å². The quantitative estimate of drug-likeness (QED) is 0.746. The second kappa shape index (κ2) is 4.25. The van der Waals surface area contributed by atoms with Crippen molar-refractivity contribution in [3.63, 3.8) is 0 Å². The number of aldehydes is 1. The second-order valence-corrected chi connectivity index (χ2v) is 3.64. The van der Waals surface area contributed by atoms with E-state index in [2.05, 4.69) is 0 Å². The molecule has 17 heavy (non-hydrogen) atoms. The lowest BCUT2D eigenvalue weighted by atomic mass is 10.0. The number of carbonyl (C=O) groups excluding carboxylic acids is 2. The number of furan rings is 1. The summed E-state index contributed by atoms with van der Waals surface area (Å²) in [5.74, 6) is -0.570. The molecule has 0 aliphatic carbocycles. The number of carbonyl (C=O) groups is 2. The van der Waals surface area contributed by atoms with Crippen molar-refractivity contribution in [2.75, 3.05) is 0 Å². The highest BCUT2D eigenvalue weighted by molar-refractivity contribution is 5.88. The molecule has 2 rings (SSSR count). The van der Waals surface area contributed by atoms with Crippen molar-refractivity contribution in [2.45, 2.75) is 6.92 Å². The van der Waals surface area contributed by atoms with Gasteiger partial charge in [0.2, 0.25) is 0 Å². The van der Waals surface area contributed by atoms with Crippen molar-refractivity contribution in [2.24, 2.45) is 0 Å². The van der Waals surface area contributed by atoms with Crippen LogP contribution < -0.4 is 5.11 Å². The number of rotatable bonds is 3. The van der Waals surface area contributed by atoms with Crippen LogP contribution in [0.15, 0.2) is 34.7 Å². The third-order valence-corrected chi connectivity index (χ3v) is 2.48. The molecule has 0 radical (unpaired) electrons. The van der Waals surface area contributed by atoms with Crippen LogP contribution in [0.2, 0.25) is 0 Å². The van der Waals surface area contributed by atoms with Crippen LogP contribution in [-0.2, 0) is 0 Å². The van der Waals surface area contributed by atoms with Crippen molar-refractivity contribution < 1.29 is 19.1 Å². The third kappa shape index (κ3) is 2.10. The van der Waals surface area contributed by atoms with Crippen LogP contribution in [-0.4, -0.2) is 12.3 Å². The zero-order valence-electron chi connectivity index (χ0n) is 9.10. The van der Waals surface area contributed by atoms with E-state index in [4.69, 9.17) is 4.42 Å². The van der Waals surface area contributed by atoms with Crippen LogP contribution in [0.4, 0.5) is 0 Å². The van der Waals surface area contributed by atoms with E-state index >= 15 is 0 Å². The Morgan fingerprint density at radius 1 is 1.29 bits per heavy atom. The van der Waals surface area contributed by atoms with Crippen LogP contribution >= 0.6 is 0 Å². The molecule has 1 aromatic carbocycles. The lowest BCUT2D eigenvalue weighted by Crippen LogP contribution is -2.22. The van der Waals surface area contributed by atoms with E-state index in [1.807, 2.05) is 6.92 Å². The third-order valence-electron chi connectivity index (χ3n) is 2.48. The van der Waals surface area contributed by atoms with Gasteiger partial charge in [0.05, 0.1) is 5.97 Å². The van der Waals surface area contributed by atoms with Crippen molar-refractivity contribution in [1.82, 2.24) is 0 Å². The first-order valence-corrected chi connectivity index (χ1v) is 4.99. The first kappa shape index (κ1) is 11.1. The van der Waals surface area contributed by atoms with E-state index in [0.717, 1.165) is 5.56 Å². The minimum Gasteiger partial charge on any atom is -0.545 e. The van der Waals surface area contributed by atoms with Gasteiger partial charge in [-0.25, -0.2) is 0 Å². The minimum atomic E-state index is -1.24. The molecule has 86 valence electrons. The van der Waals surface area contributed by atoms with E-state index in [-0.39, 0.29) is 11.3 Å². The molecule has 0 N–H and O–H groups in total. The molecule has 0 spiro atoms. The normalized spacial score (nSPS) is 10.2. The summed E-state index contributed by atoms with van der Waals surface area (Å²) in [5, 5.41) is 10.8. The fraction of sp³-hybridized carbons (Fsp3) is 0.0769. The summed E-state index contributed by atoms with van der Waals surface area (Å²) in [6.45, 7) is 1.83. The number of carboxylic acids is 1. The maximum Gasteiger partial charge on any atom is 0.185 e. The molecular weight excluding hydrogens is 220 g/mol. The van der Waals surface area contributed by atoms with Crippen molar-refractivity contribution in [3.05, 3.63) is 47.2 Å². The molecule has 0 aliphatic rings. The van der Waals surface area contributed by atoms with Gasteiger partial charge in [0, 0.05) is 5.56 Å². The Hall–Kier alpha value is -2.36. The second-order valence-electron chi connectivity index (χ2n) is 3.64. The summed E-state index contributed by atoms with van der Waals surface area (Å²) in [6, 6.07) is 7.78. The summed E-state index contributed by atoms with van der Waals surface area (Å²) < 4.78 is 5.25. The molecule has 0 unspecified atom stereocenters. The van der Waals surface area contributed by atoms with Gasteiger partial charge >= 0.3 is 0 Å². The van der Waals surface area contributed by atoms with Crippen LogP contribution in [0.1, 0.15) is 26.5 Å². The molecule has 2 aromatic rings. The van der Waals surface area contributed by atoms with Gasteiger partial charge in [-0.2, -0.15) is 0 Å². The largest absolute Gasteiger partial charge is 0.545 e. The molecule has 0 atom stereocenters. The van der Waals surface area contributed by atoms with Gasteiger partial charge in [0.25, 0.3) is 0 Å². The zero-order chi connectivity index (χ0) is 12.4. The topological polar surface area (TPSA) is 70.3 Å². The maximum atomic E-state index is 10.8. The SMILES string of the molecule is Cc1ccc(C(=O)[O-])cc1-c1ccc(C=O)o1. The number of aromatic carboxylic acids is 1. The van der Waals surface area contributed by atoms with Crippen LogP contribution in [0, 0.1) is 6.92 Å². The highest BCUT2D eigenvalue weighted by Crippen LogP contribution is 2.26. The van der Waals surface area contributed by atoms with Crippen molar-refractivity contribution in [3.8, 4) is 11.3 Å². The summed E-state index contributed by atoms with van der Waals surface area (Å²) in [5.41, 5.74) is 1.58. The molecule has 0 fully saturated rings. The fourth-order valence-electron chi connectivity index (χ4n) is 1.58. The van der Waals surface area contributed by atoms with E-state index in [1.54, 1.807) is 12.1 Å². The van der Waals surface area contributed by atoms with Crippen LogP contribution in [0.3, 0.4) is 0 Å². The van der Waals surface area contributed by atoms with E-state index in [1.165, 1.54) is 18.2 Å². The van der Waals surface area contributed by atoms with Crippen LogP contribution in [0.25, 0.3) is 11.3 Å². The number of carboxylic acid groups (broad SMARTS) is 1. The number of benzene rings is 1. The van der Waals surface area contributed by atoms with E-state index in [9.17, 15) is 14.7 Å². The Balaban J connectivity index is 2.53. The average Bonchev–Trinajstić information content (AvgIpc) is 2.77. The highest BCUT2D eigenvalue weighted by Gasteiger charge is 2.08. The Morgan fingerprint density at radius 2 is 2.06 bits per heavy atom. The van der Waals surface area contributed by atoms with E-state index in [0.29, 0.717) is 17.6 Å². The Labute approximate surface area is 97.5 Å². The molecule has 4 nitrogen and oxygen atoms in total. The smallest absolute Gasteiger partial charge is 0.185 e. The summed E-state index contributed by atoms with van der Waals surface area (Å²) in [4.78, 5) is 21.3. The maximum absolute atomic E-state index is 10.8. The lowest BCUT2D eigenvalue weighted by molar-refractivity contribution is -0.255. The van der Waals surface area contributed by atoms with Gasteiger partial charge < -0.3 is 14.3 Å². The molecule has 4 heteroatoms. The van der Waals surface area contributed by atoms with E-state index < -0.39 is 5.97 Å². The summed E-state index contributed by atoms with van der Waals surface area (Å²) >= 11 is 0. The molecule has 1 heterocycles. The minimum absolute atomic E-state index is 0.0784. The molecule has 0 bridgehead atoms. The van der Waals surface area contributed by atoms with Gasteiger partial charge in [0.15, 0.2) is 12.0 Å². The molecule has 1 aromatic heterocycles. The molecule has 0 aliphatic heterocycles. The molecule has 0 amide bonds. The van der Waals surface area contributed by atoms with Gasteiger partial charge in [-0.3, -0.25) is 4.79 Å².